The second-order valence-corrected chi connectivity index (χ2v) is 5.21. The van der Waals surface area contributed by atoms with Gasteiger partial charge in [-0.25, -0.2) is 0 Å². The van der Waals surface area contributed by atoms with Gasteiger partial charge in [-0.05, 0) is 42.7 Å². The summed E-state index contributed by atoms with van der Waals surface area (Å²) in [7, 11) is 0. The Morgan fingerprint density at radius 2 is 2.21 bits per heavy atom. The van der Waals surface area contributed by atoms with Crippen LogP contribution < -0.4 is 5.73 Å². The topological polar surface area (TPSA) is 56.0 Å². The third-order valence-corrected chi connectivity index (χ3v) is 3.70. The summed E-state index contributed by atoms with van der Waals surface area (Å²) in [5, 5.41) is 0.489. The van der Waals surface area contributed by atoms with Crippen LogP contribution in [-0.2, 0) is 6.42 Å². The highest BCUT2D eigenvalue weighted by Gasteiger charge is 2.30. The summed E-state index contributed by atoms with van der Waals surface area (Å²) in [6.45, 7) is 0. The third-order valence-electron chi connectivity index (χ3n) is 3.48. The van der Waals surface area contributed by atoms with E-state index in [-0.39, 0.29) is 11.7 Å². The maximum atomic E-state index is 12.6. The van der Waals surface area contributed by atoms with Crippen molar-refractivity contribution in [2.24, 2.45) is 0 Å². The Hall–Kier alpha value is -1.87. The average Bonchev–Trinajstić information content (AvgIpc) is 2.80. The number of hydrogen-bond donors (Lipinski definition) is 1. The number of benzene rings is 1. The summed E-state index contributed by atoms with van der Waals surface area (Å²) in [4.78, 5) is 16.9. The Balaban J connectivity index is 1.98. The summed E-state index contributed by atoms with van der Waals surface area (Å²) in [5.74, 6) is -0.124. The third kappa shape index (κ3) is 2.22. The number of anilines is 1. The molecule has 1 atom stereocenters. The molecule has 0 amide bonds. The molecule has 0 saturated heterocycles. The number of pyridine rings is 1. The van der Waals surface area contributed by atoms with Gasteiger partial charge in [0.25, 0.3) is 0 Å². The van der Waals surface area contributed by atoms with Gasteiger partial charge in [0.05, 0.1) is 11.6 Å². The quantitative estimate of drug-likeness (QED) is 0.674. The Morgan fingerprint density at radius 1 is 1.37 bits per heavy atom. The van der Waals surface area contributed by atoms with Gasteiger partial charge in [-0.15, -0.1) is 0 Å². The van der Waals surface area contributed by atoms with Crippen LogP contribution in [0, 0.1) is 0 Å². The van der Waals surface area contributed by atoms with Crippen LogP contribution in [0.15, 0.2) is 36.5 Å². The lowest BCUT2D eigenvalue weighted by atomic mass is 9.95. The molecule has 2 aromatic rings. The van der Waals surface area contributed by atoms with Crippen molar-refractivity contribution in [2.75, 3.05) is 5.73 Å². The molecule has 96 valence electrons. The second-order valence-electron chi connectivity index (χ2n) is 4.78. The van der Waals surface area contributed by atoms with Crippen molar-refractivity contribution < 1.29 is 4.79 Å². The zero-order chi connectivity index (χ0) is 13.4. The maximum absolute atomic E-state index is 12.6. The van der Waals surface area contributed by atoms with Gasteiger partial charge >= 0.3 is 0 Å². The van der Waals surface area contributed by atoms with Gasteiger partial charge in [0, 0.05) is 22.5 Å². The highest BCUT2D eigenvalue weighted by molar-refractivity contribution is 6.31. The summed E-state index contributed by atoms with van der Waals surface area (Å²) < 4.78 is 0. The molecule has 1 aliphatic rings. The Labute approximate surface area is 116 Å². The Morgan fingerprint density at radius 3 is 3.00 bits per heavy atom. The molecule has 3 rings (SSSR count). The second kappa shape index (κ2) is 4.67. The molecule has 2 N–H and O–H groups in total. The lowest BCUT2D eigenvalue weighted by Crippen LogP contribution is -2.11. The summed E-state index contributed by atoms with van der Waals surface area (Å²) in [6, 6.07) is 8.92. The van der Waals surface area contributed by atoms with Crippen LogP contribution in [0.2, 0.25) is 5.02 Å². The van der Waals surface area contributed by atoms with E-state index in [9.17, 15) is 4.79 Å². The van der Waals surface area contributed by atoms with E-state index in [1.165, 1.54) is 0 Å². The van der Waals surface area contributed by atoms with Crippen LogP contribution in [0.1, 0.15) is 34.0 Å². The summed E-state index contributed by atoms with van der Waals surface area (Å²) in [6.07, 6.45) is 3.43. The number of Topliss-reactive ketones (excluding diaryl/α,β-unsaturated/α-hetero) is 1. The minimum atomic E-state index is -0.172. The first-order chi connectivity index (χ1) is 9.15. The summed E-state index contributed by atoms with van der Waals surface area (Å²) >= 11 is 5.95. The van der Waals surface area contributed by atoms with E-state index in [0.29, 0.717) is 16.3 Å². The van der Waals surface area contributed by atoms with Crippen LogP contribution in [0.4, 0.5) is 5.69 Å². The van der Waals surface area contributed by atoms with Gasteiger partial charge in [-0.3, -0.25) is 9.78 Å². The number of halogens is 1. The van der Waals surface area contributed by atoms with Crippen LogP contribution in [0.25, 0.3) is 0 Å². The van der Waals surface area contributed by atoms with E-state index in [0.717, 1.165) is 24.1 Å². The number of aromatic nitrogens is 1. The smallest absolute Gasteiger partial charge is 0.172 e. The normalized spacial score (nSPS) is 17.2. The van der Waals surface area contributed by atoms with Gasteiger partial charge < -0.3 is 5.73 Å². The minimum Gasteiger partial charge on any atom is -0.399 e. The van der Waals surface area contributed by atoms with Crippen LogP contribution in [-0.4, -0.2) is 10.8 Å². The zero-order valence-electron chi connectivity index (χ0n) is 10.3. The number of nitrogens with two attached hydrogens (primary N) is 1. The van der Waals surface area contributed by atoms with Gasteiger partial charge in [-0.2, -0.15) is 0 Å². The fourth-order valence-corrected chi connectivity index (χ4v) is 2.87. The van der Waals surface area contributed by atoms with Gasteiger partial charge in [0.2, 0.25) is 0 Å². The Bertz CT molecular complexity index is 634. The molecule has 0 saturated carbocycles. The van der Waals surface area contributed by atoms with Crippen molar-refractivity contribution in [1.82, 2.24) is 4.98 Å². The van der Waals surface area contributed by atoms with Gasteiger partial charge in [0.1, 0.15) is 0 Å². The van der Waals surface area contributed by atoms with Crippen molar-refractivity contribution in [3.63, 3.8) is 0 Å². The molecule has 0 aliphatic heterocycles. The number of nitrogens with zero attached hydrogens (tertiary/aromatic N) is 1. The molecule has 1 aliphatic carbocycles. The van der Waals surface area contributed by atoms with E-state index in [1.54, 1.807) is 24.4 Å². The SMILES string of the molecule is Nc1cc(Cl)cc(C(=O)C2CCc3cccnc32)c1. The fourth-order valence-electron chi connectivity index (χ4n) is 2.62. The van der Waals surface area contributed by atoms with Crippen molar-refractivity contribution in [2.45, 2.75) is 18.8 Å². The largest absolute Gasteiger partial charge is 0.399 e. The van der Waals surface area contributed by atoms with Gasteiger partial charge in [-0.1, -0.05) is 17.7 Å². The molecule has 1 heterocycles. The minimum absolute atomic E-state index is 0.0478. The number of fused-ring (bicyclic) bond motifs is 1. The number of hydrogen-bond acceptors (Lipinski definition) is 3. The maximum Gasteiger partial charge on any atom is 0.172 e. The fraction of sp³-hybridized carbons (Fsp3) is 0.200. The summed E-state index contributed by atoms with van der Waals surface area (Å²) in [5.41, 5.74) is 8.87. The van der Waals surface area contributed by atoms with E-state index >= 15 is 0 Å². The number of carbonyl (C=O) groups excluding carboxylic acids is 1. The number of carbonyl (C=O) groups is 1. The molecule has 0 radical (unpaired) electrons. The van der Waals surface area contributed by atoms with Crippen LogP contribution in [0.3, 0.4) is 0 Å². The average molecular weight is 273 g/mol. The van der Waals surface area contributed by atoms with Crippen molar-refractivity contribution >= 4 is 23.1 Å². The number of ketones is 1. The number of rotatable bonds is 2. The van der Waals surface area contributed by atoms with Crippen molar-refractivity contribution in [3.05, 3.63) is 58.4 Å². The molecule has 0 bridgehead atoms. The first-order valence-electron chi connectivity index (χ1n) is 6.19. The molecule has 1 aromatic carbocycles. The van der Waals surface area contributed by atoms with Crippen LogP contribution in [0.5, 0.6) is 0 Å². The van der Waals surface area contributed by atoms with Crippen molar-refractivity contribution in [3.8, 4) is 0 Å². The molecule has 1 unspecified atom stereocenters. The first-order valence-corrected chi connectivity index (χ1v) is 6.57. The molecular formula is C15H13ClN2O. The van der Waals surface area contributed by atoms with Gasteiger partial charge in [0.15, 0.2) is 5.78 Å². The lowest BCUT2D eigenvalue weighted by Gasteiger charge is -2.10. The lowest BCUT2D eigenvalue weighted by molar-refractivity contribution is 0.0958. The Kier molecular flexibility index (Phi) is 2.99. The molecular weight excluding hydrogens is 260 g/mol. The van der Waals surface area contributed by atoms with Crippen molar-refractivity contribution in [1.29, 1.82) is 0 Å². The predicted molar refractivity (Wildman–Crippen MR) is 75.5 cm³/mol. The monoisotopic (exact) mass is 272 g/mol. The highest BCUT2D eigenvalue weighted by Crippen LogP contribution is 2.34. The molecule has 19 heavy (non-hydrogen) atoms. The number of aryl methyl sites for hydroxylation is 1. The molecule has 1 aromatic heterocycles. The highest BCUT2D eigenvalue weighted by atomic mass is 35.5. The molecule has 4 heteroatoms. The molecule has 0 spiro atoms. The predicted octanol–water partition coefficient (Wildman–Crippen LogP) is 3.23. The molecule has 0 fully saturated rings. The first kappa shape index (κ1) is 12.2. The van der Waals surface area contributed by atoms with E-state index in [1.807, 2.05) is 12.1 Å². The van der Waals surface area contributed by atoms with E-state index < -0.39 is 0 Å². The zero-order valence-corrected chi connectivity index (χ0v) is 11.0. The molecule has 3 nitrogen and oxygen atoms in total. The standard InChI is InChI=1S/C15H13ClN2O/c16-11-6-10(7-12(17)8-11)15(19)13-4-3-9-2-1-5-18-14(9)13/h1-2,5-8,13H,3-4,17H2. The van der Waals surface area contributed by atoms with E-state index in [4.69, 9.17) is 17.3 Å². The number of nitrogen functional groups attached to an aromatic ring is 1. The van der Waals surface area contributed by atoms with Crippen LogP contribution >= 0.6 is 11.6 Å². The van der Waals surface area contributed by atoms with E-state index in [2.05, 4.69) is 4.98 Å².